The van der Waals surface area contributed by atoms with Gasteiger partial charge in [-0.1, -0.05) is 16.8 Å². The third-order valence-electron chi connectivity index (χ3n) is 4.01. The first-order valence-electron chi connectivity index (χ1n) is 8.37. The molecule has 0 fully saturated rings. The Balaban J connectivity index is 1.46. The van der Waals surface area contributed by atoms with Gasteiger partial charge in [-0.25, -0.2) is 4.68 Å². The molecule has 4 rings (SSSR count). The number of hydrogen-bond donors (Lipinski definition) is 2. The van der Waals surface area contributed by atoms with Crippen LogP contribution in [0.1, 0.15) is 15.4 Å². The summed E-state index contributed by atoms with van der Waals surface area (Å²) in [4.78, 5) is 38.3. The molecule has 11 heteroatoms. The normalized spacial score (nSPS) is 10.8. The minimum Gasteiger partial charge on any atom is -0.346 e. The Hall–Kier alpha value is -3.50. The van der Waals surface area contributed by atoms with Crippen molar-refractivity contribution < 1.29 is 4.79 Å². The van der Waals surface area contributed by atoms with Crippen LogP contribution >= 0.6 is 22.9 Å². The summed E-state index contributed by atoms with van der Waals surface area (Å²) in [5.41, 5.74) is 0.486. The highest BCUT2D eigenvalue weighted by Crippen LogP contribution is 2.21. The molecule has 0 aliphatic rings. The number of nitrogens with one attached hydrogen (secondary N) is 2. The molecule has 0 bridgehead atoms. The molecule has 3 aromatic heterocycles. The van der Waals surface area contributed by atoms with Crippen LogP contribution in [0.2, 0.25) is 4.34 Å². The fourth-order valence-corrected chi connectivity index (χ4v) is 3.55. The van der Waals surface area contributed by atoms with Crippen LogP contribution in [0.15, 0.2) is 64.6 Å². The molecule has 1 amide bonds. The summed E-state index contributed by atoms with van der Waals surface area (Å²) in [5, 5.41) is 10.9. The number of thiophene rings is 1. The highest BCUT2D eigenvalue weighted by molar-refractivity contribution is 7.17. The number of aromatic amines is 1. The van der Waals surface area contributed by atoms with Crippen LogP contribution in [0.3, 0.4) is 0 Å². The molecule has 3 heterocycles. The molecule has 0 spiro atoms. The Morgan fingerprint density at radius 1 is 1.14 bits per heavy atom. The second kappa shape index (κ2) is 7.86. The van der Waals surface area contributed by atoms with Crippen LogP contribution in [-0.4, -0.2) is 30.5 Å². The molecule has 0 saturated carbocycles. The highest BCUT2D eigenvalue weighted by atomic mass is 35.5. The van der Waals surface area contributed by atoms with Crippen molar-refractivity contribution in [3.05, 3.63) is 90.6 Å². The van der Waals surface area contributed by atoms with Crippen LogP contribution in [-0.2, 0) is 6.54 Å². The first-order valence-corrected chi connectivity index (χ1v) is 9.56. The van der Waals surface area contributed by atoms with Gasteiger partial charge in [0, 0.05) is 18.1 Å². The first kappa shape index (κ1) is 18.8. The van der Waals surface area contributed by atoms with E-state index in [1.807, 2.05) is 0 Å². The van der Waals surface area contributed by atoms with Crippen molar-refractivity contribution in [3.63, 3.8) is 0 Å². The van der Waals surface area contributed by atoms with Gasteiger partial charge in [0.25, 0.3) is 5.91 Å². The van der Waals surface area contributed by atoms with Gasteiger partial charge >= 0.3 is 11.1 Å². The molecule has 0 aliphatic carbocycles. The summed E-state index contributed by atoms with van der Waals surface area (Å²) in [7, 11) is 0. The first-order chi connectivity index (χ1) is 14.0. The molecule has 29 heavy (non-hydrogen) atoms. The third-order valence-corrected chi connectivity index (χ3v) is 5.24. The summed E-state index contributed by atoms with van der Waals surface area (Å²) < 4.78 is 3.35. The molecular weight excluding hydrogens is 416 g/mol. The lowest BCUT2D eigenvalue weighted by atomic mass is 10.2. The lowest BCUT2D eigenvalue weighted by Crippen LogP contribution is -2.34. The molecule has 0 aliphatic heterocycles. The number of aromatic nitrogens is 5. The van der Waals surface area contributed by atoms with Crippen LogP contribution < -0.4 is 16.4 Å². The van der Waals surface area contributed by atoms with E-state index in [9.17, 15) is 14.4 Å². The van der Waals surface area contributed by atoms with Crippen molar-refractivity contribution >= 4 is 28.8 Å². The highest BCUT2D eigenvalue weighted by Gasteiger charge is 2.10. The van der Waals surface area contributed by atoms with Crippen LogP contribution in [0.25, 0.3) is 11.4 Å². The van der Waals surface area contributed by atoms with E-state index in [1.54, 1.807) is 47.3 Å². The van der Waals surface area contributed by atoms with E-state index in [1.165, 1.54) is 28.3 Å². The van der Waals surface area contributed by atoms with Crippen molar-refractivity contribution in [3.8, 4) is 11.4 Å². The number of H-pyrrole nitrogens is 1. The predicted molar refractivity (Wildman–Crippen MR) is 108 cm³/mol. The third kappa shape index (κ3) is 4.03. The van der Waals surface area contributed by atoms with Crippen molar-refractivity contribution in [2.75, 3.05) is 0 Å². The number of rotatable bonds is 5. The van der Waals surface area contributed by atoms with Gasteiger partial charge in [-0.2, -0.15) is 0 Å². The van der Waals surface area contributed by atoms with Crippen LogP contribution in [0.4, 0.5) is 0 Å². The molecule has 1 aromatic carbocycles. The zero-order valence-corrected chi connectivity index (χ0v) is 16.3. The number of benzene rings is 1. The zero-order valence-electron chi connectivity index (χ0n) is 14.7. The number of nitrogens with zero attached hydrogens (tertiary/aromatic N) is 4. The van der Waals surface area contributed by atoms with Crippen LogP contribution in [0.5, 0.6) is 0 Å². The number of hydrogen-bond acceptors (Lipinski definition) is 6. The molecule has 2 N–H and O–H groups in total. The molecule has 0 unspecified atom stereocenters. The molecule has 9 nitrogen and oxygen atoms in total. The average molecular weight is 429 g/mol. The Labute approximate surface area is 172 Å². The molecule has 0 atom stereocenters. The Morgan fingerprint density at radius 3 is 2.62 bits per heavy atom. The maximum atomic E-state index is 12.1. The van der Waals surface area contributed by atoms with Gasteiger partial charge in [0.05, 0.1) is 27.6 Å². The molecule has 0 radical (unpaired) electrons. The second-order valence-electron chi connectivity index (χ2n) is 5.92. The standard InChI is InChI=1S/C18H13ClN6O3S/c19-15-6-5-14(29-15)16(26)21-9-11-10-25(23-22-11)13-3-1-12(2-4-13)24-8-7-20-17(27)18(24)28/h1-8,10H,9H2,(H,20,27)(H,21,26). The monoisotopic (exact) mass is 428 g/mol. The summed E-state index contributed by atoms with van der Waals surface area (Å²) in [6.45, 7) is 0.217. The summed E-state index contributed by atoms with van der Waals surface area (Å²) in [6, 6.07) is 10.2. The van der Waals surface area contributed by atoms with E-state index in [0.717, 1.165) is 0 Å². The fourth-order valence-electron chi connectivity index (χ4n) is 2.60. The van der Waals surface area contributed by atoms with E-state index < -0.39 is 11.1 Å². The van der Waals surface area contributed by atoms with Gasteiger partial charge in [0.15, 0.2) is 0 Å². The number of carbonyl (C=O) groups is 1. The van der Waals surface area contributed by atoms with Gasteiger partial charge in [-0.3, -0.25) is 19.0 Å². The van der Waals surface area contributed by atoms with E-state index in [0.29, 0.717) is 26.3 Å². The van der Waals surface area contributed by atoms with Gasteiger partial charge < -0.3 is 10.3 Å². The minimum atomic E-state index is -0.690. The van der Waals surface area contributed by atoms with E-state index in [-0.39, 0.29) is 12.5 Å². The van der Waals surface area contributed by atoms with Crippen molar-refractivity contribution in [1.29, 1.82) is 0 Å². The van der Waals surface area contributed by atoms with E-state index in [4.69, 9.17) is 11.6 Å². The lowest BCUT2D eigenvalue weighted by molar-refractivity contribution is 0.0954. The summed E-state index contributed by atoms with van der Waals surface area (Å²) >= 11 is 7.04. The predicted octanol–water partition coefficient (Wildman–Crippen LogP) is 1.75. The number of halogens is 1. The van der Waals surface area contributed by atoms with Crippen LogP contribution in [0, 0.1) is 0 Å². The molecule has 0 saturated heterocycles. The van der Waals surface area contributed by atoms with Crippen molar-refractivity contribution in [1.82, 2.24) is 29.9 Å². The Morgan fingerprint density at radius 2 is 1.90 bits per heavy atom. The van der Waals surface area contributed by atoms with E-state index >= 15 is 0 Å². The van der Waals surface area contributed by atoms with E-state index in [2.05, 4.69) is 20.6 Å². The van der Waals surface area contributed by atoms with Crippen molar-refractivity contribution in [2.45, 2.75) is 6.54 Å². The number of carbonyl (C=O) groups excluding carboxylic acids is 1. The fraction of sp³-hybridized carbons (Fsp3) is 0.0556. The maximum absolute atomic E-state index is 12.1. The molecular formula is C18H13ClN6O3S. The van der Waals surface area contributed by atoms with Crippen molar-refractivity contribution in [2.24, 2.45) is 0 Å². The Kier molecular flexibility index (Phi) is 5.10. The van der Waals surface area contributed by atoms with Gasteiger partial charge in [0.1, 0.15) is 5.69 Å². The van der Waals surface area contributed by atoms with Gasteiger partial charge in [-0.05, 0) is 36.4 Å². The molecule has 146 valence electrons. The number of amides is 1. The Bertz CT molecular complexity index is 1290. The largest absolute Gasteiger partial charge is 0.346 e. The quantitative estimate of drug-likeness (QED) is 0.470. The summed E-state index contributed by atoms with van der Waals surface area (Å²) in [5.74, 6) is -0.232. The smallest absolute Gasteiger partial charge is 0.320 e. The SMILES string of the molecule is O=C(NCc1cn(-c2ccc(-n3cc[nH]c(=O)c3=O)cc2)nn1)c1ccc(Cl)s1. The maximum Gasteiger partial charge on any atom is 0.320 e. The topological polar surface area (TPSA) is 115 Å². The molecule has 4 aromatic rings. The lowest BCUT2D eigenvalue weighted by Gasteiger charge is -2.06. The minimum absolute atomic E-state index is 0.217. The van der Waals surface area contributed by atoms with Gasteiger partial charge in [-0.15, -0.1) is 16.4 Å². The second-order valence-corrected chi connectivity index (χ2v) is 7.64. The zero-order chi connectivity index (χ0) is 20.4. The summed E-state index contributed by atoms with van der Waals surface area (Å²) in [6.07, 6.45) is 4.58. The van der Waals surface area contributed by atoms with Gasteiger partial charge in [0.2, 0.25) is 0 Å². The average Bonchev–Trinajstić information content (AvgIpc) is 3.38.